The Bertz CT molecular complexity index is 1230. The summed E-state index contributed by atoms with van der Waals surface area (Å²) in [7, 11) is 0. The van der Waals surface area contributed by atoms with Gasteiger partial charge in [-0.25, -0.2) is 0 Å². The van der Waals surface area contributed by atoms with E-state index in [9.17, 15) is 19.2 Å². The number of allylic oxidation sites excluding steroid dienone is 20. The molecule has 51 heavy (non-hydrogen) atoms. The number of ketones is 4. The van der Waals surface area contributed by atoms with E-state index in [0.717, 1.165) is 74.2 Å². The minimum Gasteiger partial charge on any atom is -0.412 e. The zero-order chi connectivity index (χ0) is 35.2. The fraction of sp³-hybridized carbons (Fsp3) is 0.300. The molecule has 0 aromatic rings. The molecule has 0 aromatic carbocycles. The molecule has 0 spiro atoms. The average Bonchev–Trinajstić information content (AvgIpc) is 3.10. The zero-order valence-corrected chi connectivity index (χ0v) is 32.3. The summed E-state index contributed by atoms with van der Waals surface area (Å²) in [5, 5.41) is 12.3. The topological polar surface area (TPSA) is 148 Å². The van der Waals surface area contributed by atoms with Crippen LogP contribution < -0.4 is 21.3 Å². The number of hydrogen-bond donors (Lipinski definition) is 4. The fourth-order valence-electron chi connectivity index (χ4n) is 3.70. The van der Waals surface area contributed by atoms with E-state index < -0.39 is 0 Å². The molecule has 0 aromatic heterocycles. The molecule has 0 saturated carbocycles. The van der Waals surface area contributed by atoms with Crippen molar-refractivity contribution in [2.24, 2.45) is 0 Å². The third-order valence-electron chi connectivity index (χ3n) is 6.28. The van der Waals surface area contributed by atoms with E-state index in [4.69, 9.17) is 0 Å². The largest absolute Gasteiger partial charge is 0.412 e. The van der Waals surface area contributed by atoms with Crippen LogP contribution in [-0.2, 0) is 53.3 Å². The van der Waals surface area contributed by atoms with Crippen LogP contribution >= 0.6 is 0 Å². The summed E-state index contributed by atoms with van der Waals surface area (Å²) in [4.78, 5) is 44.6. The summed E-state index contributed by atoms with van der Waals surface area (Å²) >= 11 is 0. The molecule has 0 aliphatic heterocycles. The van der Waals surface area contributed by atoms with Crippen LogP contribution in [0.1, 0.15) is 53.4 Å². The molecule has 4 rings (SSSR count). The van der Waals surface area contributed by atoms with Crippen LogP contribution in [0.5, 0.6) is 0 Å². The van der Waals surface area contributed by atoms with Gasteiger partial charge >= 0.3 is 0 Å². The van der Waals surface area contributed by atoms with Gasteiger partial charge < -0.3 is 26.7 Å². The van der Waals surface area contributed by atoms with E-state index >= 15 is 0 Å². The minimum atomic E-state index is 0. The molecule has 6 N–H and O–H groups in total. The van der Waals surface area contributed by atoms with Crippen LogP contribution in [0.2, 0.25) is 0 Å². The Balaban J connectivity index is -0.000000591. The van der Waals surface area contributed by atoms with E-state index in [2.05, 4.69) is 49.0 Å². The molecule has 0 fully saturated rings. The molecule has 0 radical (unpaired) electrons. The van der Waals surface area contributed by atoms with E-state index in [1.165, 1.54) is 0 Å². The van der Waals surface area contributed by atoms with Crippen molar-refractivity contribution in [2.75, 3.05) is 26.2 Å². The van der Waals surface area contributed by atoms with Crippen LogP contribution in [0.25, 0.3) is 0 Å². The Kier molecular flexibility index (Phi) is 34.3. The molecule has 0 saturated heterocycles. The van der Waals surface area contributed by atoms with E-state index in [1.54, 1.807) is 73.4 Å². The molecule has 0 atom stereocenters. The fourth-order valence-corrected chi connectivity index (χ4v) is 3.70. The normalized spacial score (nSPS) is 17.6. The van der Waals surface area contributed by atoms with Crippen molar-refractivity contribution in [3.63, 3.8) is 0 Å². The number of carbonyl (C=O) groups is 4. The standard InChI is InChI=1S/4C10H13NO.2Fe.H2O/c4*1-2-7-11-8-9-5-3-4-6-10(9)12;;;/h4*3-6,8,11H,2,7H2,1H3;;;1H2/b4*9-8-;;;. The average molecular weight is 783 g/mol. The van der Waals surface area contributed by atoms with Gasteiger partial charge in [-0.15, -0.1) is 0 Å². The Morgan fingerprint density at radius 2 is 0.549 bits per heavy atom. The summed E-state index contributed by atoms with van der Waals surface area (Å²) < 4.78 is 0. The first-order valence-corrected chi connectivity index (χ1v) is 16.7. The predicted octanol–water partition coefficient (Wildman–Crippen LogP) is 5.43. The van der Waals surface area contributed by atoms with Crippen molar-refractivity contribution in [1.29, 1.82) is 0 Å². The zero-order valence-electron chi connectivity index (χ0n) is 30.0. The second-order valence-electron chi connectivity index (χ2n) is 10.5. The molecule has 0 unspecified atom stereocenters. The summed E-state index contributed by atoms with van der Waals surface area (Å²) in [6.45, 7) is 12.0. The van der Waals surface area contributed by atoms with Gasteiger partial charge in [0.15, 0.2) is 23.1 Å². The van der Waals surface area contributed by atoms with Gasteiger partial charge in [0.2, 0.25) is 0 Å². The summed E-state index contributed by atoms with van der Waals surface area (Å²) in [5.41, 5.74) is 2.91. The number of rotatable bonds is 12. The predicted molar refractivity (Wildman–Crippen MR) is 202 cm³/mol. The monoisotopic (exact) mass is 782 g/mol. The number of hydrogen-bond acceptors (Lipinski definition) is 8. The van der Waals surface area contributed by atoms with Crippen molar-refractivity contribution >= 4 is 23.1 Å². The van der Waals surface area contributed by atoms with Gasteiger partial charge in [-0.2, -0.15) is 0 Å². The van der Waals surface area contributed by atoms with Crippen molar-refractivity contribution in [3.05, 3.63) is 144 Å². The summed E-state index contributed by atoms with van der Waals surface area (Å²) in [6, 6.07) is 0. The molecule has 0 bridgehead atoms. The van der Waals surface area contributed by atoms with E-state index in [1.807, 2.05) is 48.6 Å². The van der Waals surface area contributed by atoms with Crippen LogP contribution in [0.3, 0.4) is 0 Å². The van der Waals surface area contributed by atoms with Gasteiger partial charge in [0.05, 0.1) is 0 Å². The summed E-state index contributed by atoms with van der Waals surface area (Å²) in [5.74, 6) is 0.282. The minimum absolute atomic E-state index is 0. The molecular weight excluding hydrogens is 728 g/mol. The Labute approximate surface area is 325 Å². The Morgan fingerprint density at radius 1 is 0.373 bits per heavy atom. The van der Waals surface area contributed by atoms with E-state index in [0.29, 0.717) is 0 Å². The van der Waals surface area contributed by atoms with Gasteiger partial charge in [-0.1, -0.05) is 76.3 Å². The maximum atomic E-state index is 11.1. The molecule has 9 nitrogen and oxygen atoms in total. The van der Waals surface area contributed by atoms with Crippen LogP contribution in [0.15, 0.2) is 144 Å². The number of nitrogens with one attached hydrogen (secondary N) is 4. The molecular formula is C40H54Fe2N4O5. The van der Waals surface area contributed by atoms with Crippen molar-refractivity contribution < 1.29 is 58.8 Å². The smallest absolute Gasteiger partial charge is 0.187 e. The third-order valence-corrected chi connectivity index (χ3v) is 6.28. The van der Waals surface area contributed by atoms with E-state index in [-0.39, 0.29) is 62.7 Å². The third kappa shape index (κ3) is 24.5. The first kappa shape index (κ1) is 51.1. The molecule has 11 heteroatoms. The maximum absolute atomic E-state index is 11.1. The Morgan fingerprint density at radius 3 is 0.706 bits per heavy atom. The van der Waals surface area contributed by atoms with Crippen LogP contribution in [0, 0.1) is 0 Å². The van der Waals surface area contributed by atoms with Gasteiger partial charge in [0.25, 0.3) is 0 Å². The molecule has 4 aliphatic rings. The molecule has 4 aliphatic carbocycles. The first-order chi connectivity index (χ1) is 23.4. The van der Waals surface area contributed by atoms with Gasteiger partial charge in [-0.05, 0) is 74.3 Å². The summed E-state index contributed by atoms with van der Waals surface area (Å²) in [6.07, 6.45) is 39.3. The Hall–Kier alpha value is -4.24. The van der Waals surface area contributed by atoms with Crippen LogP contribution in [0.4, 0.5) is 0 Å². The molecule has 280 valence electrons. The second-order valence-corrected chi connectivity index (χ2v) is 10.5. The first-order valence-electron chi connectivity index (χ1n) is 16.7. The van der Waals surface area contributed by atoms with Crippen molar-refractivity contribution in [1.82, 2.24) is 21.3 Å². The molecule has 0 heterocycles. The second kappa shape index (κ2) is 34.2. The van der Waals surface area contributed by atoms with Crippen molar-refractivity contribution in [3.8, 4) is 0 Å². The number of carbonyl (C=O) groups excluding carboxylic acids is 4. The van der Waals surface area contributed by atoms with Gasteiger partial charge in [0, 0.05) is 107 Å². The maximum Gasteiger partial charge on any atom is 0.187 e. The van der Waals surface area contributed by atoms with Gasteiger partial charge in [-0.3, -0.25) is 19.2 Å². The quantitative estimate of drug-likeness (QED) is 0.117. The van der Waals surface area contributed by atoms with Crippen LogP contribution in [-0.4, -0.2) is 54.8 Å². The molecule has 0 amide bonds. The van der Waals surface area contributed by atoms with Crippen molar-refractivity contribution in [2.45, 2.75) is 53.4 Å². The SMILES string of the molecule is CCCN/C=C1/C=CC=CC1=O.CCCN/C=C1/C=CC=CC1=O.CCCN/C=C1/C=CC=CC1=O.CCCN/C=C1/C=CC=CC1=O.O.[Fe].[Fe]. The van der Waals surface area contributed by atoms with Gasteiger partial charge in [0.1, 0.15) is 0 Å².